The number of epoxide rings is 1. The Morgan fingerprint density at radius 3 is 2.64 bits per heavy atom. The minimum atomic E-state index is -1.00. The van der Waals surface area contributed by atoms with E-state index in [1.807, 2.05) is 44.2 Å². The largest absolute Gasteiger partial charge is 0.388 e. The molecule has 0 aromatic heterocycles. The molecule has 4 rings (SSSR count). The second-order valence-electron chi connectivity index (χ2n) is 7.98. The van der Waals surface area contributed by atoms with Crippen molar-refractivity contribution in [1.82, 2.24) is 5.32 Å². The number of hydrogen-bond donors (Lipinski definition) is 2. The molecule has 3 aliphatic heterocycles. The fourth-order valence-electron chi connectivity index (χ4n) is 3.65. The van der Waals surface area contributed by atoms with Crippen molar-refractivity contribution >= 4 is 5.91 Å². The summed E-state index contributed by atoms with van der Waals surface area (Å²) in [6.45, 7) is 5.91. The number of nitrogens with one attached hydrogen (secondary N) is 1. The molecule has 3 heterocycles. The molecule has 0 saturated carbocycles. The Kier molecular flexibility index (Phi) is 5.43. The third kappa shape index (κ3) is 4.07. The van der Waals surface area contributed by atoms with Gasteiger partial charge in [0.05, 0.1) is 18.8 Å². The van der Waals surface area contributed by atoms with Gasteiger partial charge in [0.25, 0.3) is 0 Å². The molecule has 8 nitrogen and oxygen atoms in total. The minimum absolute atomic E-state index is 0.0368. The third-order valence-corrected chi connectivity index (χ3v) is 5.38. The summed E-state index contributed by atoms with van der Waals surface area (Å²) in [4.78, 5) is 11.7. The average molecular weight is 393 g/mol. The molecular weight excluding hydrogens is 366 g/mol. The molecule has 3 aliphatic rings. The van der Waals surface area contributed by atoms with Crippen molar-refractivity contribution in [3.63, 3.8) is 0 Å². The van der Waals surface area contributed by atoms with Gasteiger partial charge in [-0.1, -0.05) is 30.3 Å². The van der Waals surface area contributed by atoms with E-state index in [0.717, 1.165) is 5.56 Å². The maximum Gasteiger partial charge on any atom is 0.217 e. The number of benzene rings is 1. The van der Waals surface area contributed by atoms with Crippen molar-refractivity contribution < 1.29 is 33.6 Å². The lowest BCUT2D eigenvalue weighted by Crippen LogP contribution is -2.66. The van der Waals surface area contributed by atoms with Crippen LogP contribution in [0.15, 0.2) is 30.3 Å². The first-order chi connectivity index (χ1) is 13.3. The van der Waals surface area contributed by atoms with Crippen LogP contribution < -0.4 is 5.32 Å². The molecule has 0 bridgehead atoms. The number of rotatable bonds is 5. The van der Waals surface area contributed by atoms with E-state index >= 15 is 0 Å². The van der Waals surface area contributed by atoms with E-state index in [2.05, 4.69) is 5.32 Å². The van der Waals surface area contributed by atoms with Crippen molar-refractivity contribution in [2.75, 3.05) is 13.2 Å². The van der Waals surface area contributed by atoms with Crippen LogP contribution in [0.1, 0.15) is 32.6 Å². The van der Waals surface area contributed by atoms with Crippen LogP contribution in [-0.2, 0) is 28.5 Å². The van der Waals surface area contributed by atoms with Crippen LogP contribution in [-0.4, -0.2) is 66.6 Å². The van der Waals surface area contributed by atoms with E-state index in [1.165, 1.54) is 6.92 Å². The molecule has 0 radical (unpaired) electrons. The number of aliphatic hydroxyl groups is 1. The van der Waals surface area contributed by atoms with Gasteiger partial charge in [-0.2, -0.15) is 0 Å². The summed E-state index contributed by atoms with van der Waals surface area (Å²) in [6, 6.07) is 8.74. The molecule has 0 aliphatic carbocycles. The fourth-order valence-corrected chi connectivity index (χ4v) is 3.65. The monoisotopic (exact) mass is 393 g/mol. The molecule has 3 saturated heterocycles. The zero-order chi connectivity index (χ0) is 19.9. The first-order valence-corrected chi connectivity index (χ1v) is 9.57. The Bertz CT molecular complexity index is 697. The summed E-state index contributed by atoms with van der Waals surface area (Å²) in [5.41, 5.74) is 0.634. The van der Waals surface area contributed by atoms with E-state index in [1.54, 1.807) is 0 Å². The zero-order valence-electron chi connectivity index (χ0n) is 16.2. The van der Waals surface area contributed by atoms with Gasteiger partial charge in [0, 0.05) is 12.5 Å². The summed E-state index contributed by atoms with van der Waals surface area (Å²) in [5, 5.41) is 13.7. The van der Waals surface area contributed by atoms with Gasteiger partial charge in [0.15, 0.2) is 12.6 Å². The number of amides is 1. The minimum Gasteiger partial charge on any atom is -0.388 e. The van der Waals surface area contributed by atoms with E-state index < -0.39 is 36.9 Å². The highest BCUT2D eigenvalue weighted by molar-refractivity contribution is 5.73. The van der Waals surface area contributed by atoms with Crippen molar-refractivity contribution in [2.24, 2.45) is 0 Å². The molecule has 1 aromatic rings. The lowest BCUT2D eigenvalue weighted by atomic mass is 9.95. The van der Waals surface area contributed by atoms with Gasteiger partial charge in [0.2, 0.25) is 5.91 Å². The molecule has 28 heavy (non-hydrogen) atoms. The Hall–Kier alpha value is -1.55. The average Bonchev–Trinajstić information content (AvgIpc) is 3.29. The molecule has 8 heteroatoms. The molecule has 1 aromatic carbocycles. The highest BCUT2D eigenvalue weighted by atomic mass is 16.8. The predicted octanol–water partition coefficient (Wildman–Crippen LogP) is 0.885. The smallest absolute Gasteiger partial charge is 0.217 e. The Labute approximate surface area is 164 Å². The Balaban J connectivity index is 1.45. The highest BCUT2D eigenvalue weighted by Crippen LogP contribution is 2.37. The number of fused-ring (bicyclic) bond motifs is 1. The quantitative estimate of drug-likeness (QED) is 0.717. The highest BCUT2D eigenvalue weighted by Gasteiger charge is 2.52. The molecule has 154 valence electrons. The van der Waals surface area contributed by atoms with Crippen LogP contribution in [0.25, 0.3) is 0 Å². The van der Waals surface area contributed by atoms with E-state index in [9.17, 15) is 9.90 Å². The van der Waals surface area contributed by atoms with Crippen LogP contribution in [0.3, 0.4) is 0 Å². The predicted molar refractivity (Wildman–Crippen MR) is 97.2 cm³/mol. The number of aliphatic hydroxyl groups excluding tert-OH is 1. The third-order valence-electron chi connectivity index (χ3n) is 5.38. The summed E-state index contributed by atoms with van der Waals surface area (Å²) in [7, 11) is 0. The van der Waals surface area contributed by atoms with E-state index in [4.69, 9.17) is 23.7 Å². The first kappa shape index (κ1) is 19.8. The van der Waals surface area contributed by atoms with Gasteiger partial charge in [-0.25, -0.2) is 0 Å². The second-order valence-corrected chi connectivity index (χ2v) is 7.98. The van der Waals surface area contributed by atoms with Gasteiger partial charge >= 0.3 is 0 Å². The lowest BCUT2D eigenvalue weighted by Gasteiger charge is -2.47. The van der Waals surface area contributed by atoms with Crippen LogP contribution in [0.4, 0.5) is 0 Å². The molecule has 7 atom stereocenters. The maximum absolute atomic E-state index is 11.7. The Morgan fingerprint density at radius 1 is 1.29 bits per heavy atom. The number of carbonyl (C=O) groups is 1. The standard InChI is InChI=1S/C20H27NO7/c1-11(22)21-15-16(23)17-13(26-19(15)25-10-14-20(2,3)28-14)9-24-18(27-17)12-7-5-4-6-8-12/h4-8,13-19,23H,9-10H2,1-3H3,(H,21,22)/t13-,14+,15-,16-,17-,18?,19-/m1/s1. The van der Waals surface area contributed by atoms with Crippen LogP contribution in [0.2, 0.25) is 0 Å². The van der Waals surface area contributed by atoms with Crippen LogP contribution >= 0.6 is 0 Å². The van der Waals surface area contributed by atoms with E-state index in [0.29, 0.717) is 6.61 Å². The van der Waals surface area contributed by atoms with Gasteiger partial charge in [0.1, 0.15) is 30.5 Å². The van der Waals surface area contributed by atoms with Crippen molar-refractivity contribution in [3.05, 3.63) is 35.9 Å². The topological polar surface area (TPSA) is 98.8 Å². The van der Waals surface area contributed by atoms with Crippen LogP contribution in [0.5, 0.6) is 0 Å². The van der Waals surface area contributed by atoms with Crippen LogP contribution in [0, 0.1) is 0 Å². The molecular formula is C20H27NO7. The van der Waals surface area contributed by atoms with Gasteiger partial charge in [-0.05, 0) is 13.8 Å². The van der Waals surface area contributed by atoms with Crippen molar-refractivity contribution in [3.8, 4) is 0 Å². The normalized spacial score (nSPS) is 39.1. The van der Waals surface area contributed by atoms with Gasteiger partial charge in [-0.3, -0.25) is 4.79 Å². The molecule has 1 unspecified atom stereocenters. The molecule has 0 spiro atoms. The summed E-state index contributed by atoms with van der Waals surface area (Å²) >= 11 is 0. The second kappa shape index (κ2) is 7.70. The Morgan fingerprint density at radius 2 is 2.00 bits per heavy atom. The molecule has 3 fully saturated rings. The summed E-state index contributed by atoms with van der Waals surface area (Å²) in [6.07, 6.45) is -3.61. The lowest BCUT2D eigenvalue weighted by molar-refractivity contribution is -0.344. The summed E-state index contributed by atoms with van der Waals surface area (Å²) < 4.78 is 29.2. The van der Waals surface area contributed by atoms with Crippen molar-refractivity contribution in [1.29, 1.82) is 0 Å². The molecule has 2 N–H and O–H groups in total. The maximum atomic E-state index is 11.7. The molecule has 1 amide bonds. The number of carbonyl (C=O) groups excluding carboxylic acids is 1. The number of hydrogen-bond acceptors (Lipinski definition) is 7. The summed E-state index contributed by atoms with van der Waals surface area (Å²) in [5.74, 6) is -0.283. The SMILES string of the molecule is CC(=O)N[C@H]1[C@H](OC[C@@H]2OC2(C)C)O[C@@H]2COC(c3ccccc3)O[C@H]2[C@@H]1O. The van der Waals surface area contributed by atoms with Gasteiger partial charge in [-0.15, -0.1) is 0 Å². The number of ether oxygens (including phenoxy) is 5. The van der Waals surface area contributed by atoms with Gasteiger partial charge < -0.3 is 34.1 Å². The van der Waals surface area contributed by atoms with E-state index in [-0.39, 0.29) is 24.2 Å². The zero-order valence-corrected chi connectivity index (χ0v) is 16.2. The fraction of sp³-hybridized carbons (Fsp3) is 0.650. The first-order valence-electron chi connectivity index (χ1n) is 9.57. The van der Waals surface area contributed by atoms with Crippen molar-refractivity contribution in [2.45, 2.75) is 69.4 Å².